The highest BCUT2D eigenvalue weighted by atomic mass is 35.5. The Labute approximate surface area is 109 Å². The van der Waals surface area contributed by atoms with Crippen LogP contribution in [0.25, 0.3) is 0 Å². The van der Waals surface area contributed by atoms with E-state index in [0.717, 1.165) is 5.56 Å². The van der Waals surface area contributed by atoms with E-state index in [0.29, 0.717) is 10.6 Å². The van der Waals surface area contributed by atoms with Crippen molar-refractivity contribution in [1.82, 2.24) is 10.2 Å². The standard InChI is InChI=1S/C12H11ClN2O3/c1-7-2-8(4-9(13)3-7)12(18)15-5-10(16)14-11(17)6-15/h2-4H,5-6H2,1H3,(H,14,16,17). The predicted molar refractivity (Wildman–Crippen MR) is 65.2 cm³/mol. The number of hydrogen-bond acceptors (Lipinski definition) is 3. The summed E-state index contributed by atoms with van der Waals surface area (Å²) in [4.78, 5) is 35.7. The maximum absolute atomic E-state index is 12.1. The van der Waals surface area contributed by atoms with Crippen molar-refractivity contribution in [1.29, 1.82) is 0 Å². The molecule has 1 aliphatic heterocycles. The van der Waals surface area contributed by atoms with Gasteiger partial charge in [-0.1, -0.05) is 11.6 Å². The molecule has 1 heterocycles. The van der Waals surface area contributed by atoms with E-state index >= 15 is 0 Å². The van der Waals surface area contributed by atoms with Gasteiger partial charge in [0.05, 0.1) is 0 Å². The third-order valence-electron chi connectivity index (χ3n) is 2.52. The number of imide groups is 1. The lowest BCUT2D eigenvalue weighted by molar-refractivity contribution is -0.135. The molecule has 3 amide bonds. The first-order chi connectivity index (χ1) is 8.45. The van der Waals surface area contributed by atoms with Gasteiger partial charge in [0.15, 0.2) is 0 Å². The molecule has 6 heteroatoms. The SMILES string of the molecule is Cc1cc(Cl)cc(C(=O)N2CC(=O)NC(=O)C2)c1. The number of carbonyl (C=O) groups excluding carboxylic acids is 3. The summed E-state index contributed by atoms with van der Waals surface area (Å²) in [7, 11) is 0. The maximum atomic E-state index is 12.1. The van der Waals surface area contributed by atoms with Crippen LogP contribution in [0.15, 0.2) is 18.2 Å². The molecule has 2 rings (SSSR count). The average molecular weight is 267 g/mol. The first-order valence-corrected chi connectivity index (χ1v) is 5.72. The Morgan fingerprint density at radius 1 is 1.22 bits per heavy atom. The summed E-state index contributed by atoms with van der Waals surface area (Å²) in [6.07, 6.45) is 0. The third-order valence-corrected chi connectivity index (χ3v) is 2.74. The second kappa shape index (κ2) is 4.78. The van der Waals surface area contributed by atoms with Gasteiger partial charge in [0.1, 0.15) is 13.1 Å². The molecule has 18 heavy (non-hydrogen) atoms. The number of aryl methyl sites for hydroxylation is 1. The number of amides is 3. The highest BCUT2D eigenvalue weighted by Crippen LogP contribution is 2.16. The van der Waals surface area contributed by atoms with E-state index in [1.807, 2.05) is 6.92 Å². The van der Waals surface area contributed by atoms with Crippen molar-refractivity contribution in [2.75, 3.05) is 13.1 Å². The molecular weight excluding hydrogens is 256 g/mol. The molecule has 94 valence electrons. The fraction of sp³-hybridized carbons (Fsp3) is 0.250. The van der Waals surface area contributed by atoms with Gasteiger partial charge in [0.2, 0.25) is 11.8 Å². The van der Waals surface area contributed by atoms with Gasteiger partial charge in [-0.25, -0.2) is 0 Å². The molecule has 0 spiro atoms. The third kappa shape index (κ3) is 2.68. The van der Waals surface area contributed by atoms with Gasteiger partial charge in [-0.3, -0.25) is 19.7 Å². The minimum Gasteiger partial charge on any atom is -0.320 e. The Bertz CT molecular complexity index is 506. The molecular formula is C12H11ClN2O3. The first-order valence-electron chi connectivity index (χ1n) is 5.35. The average Bonchev–Trinajstić information content (AvgIpc) is 2.25. The van der Waals surface area contributed by atoms with E-state index in [2.05, 4.69) is 5.32 Å². The minimum absolute atomic E-state index is 0.115. The molecule has 0 bridgehead atoms. The van der Waals surface area contributed by atoms with Crippen LogP contribution in [0.1, 0.15) is 15.9 Å². The molecule has 0 radical (unpaired) electrons. The Morgan fingerprint density at radius 3 is 2.39 bits per heavy atom. The number of carbonyl (C=O) groups is 3. The van der Waals surface area contributed by atoms with Crippen molar-refractivity contribution in [3.63, 3.8) is 0 Å². The van der Waals surface area contributed by atoms with Gasteiger partial charge in [0, 0.05) is 10.6 Å². The van der Waals surface area contributed by atoms with Crippen LogP contribution < -0.4 is 5.32 Å². The molecule has 1 aliphatic rings. The molecule has 5 nitrogen and oxygen atoms in total. The maximum Gasteiger partial charge on any atom is 0.254 e. The zero-order valence-corrected chi connectivity index (χ0v) is 10.5. The number of halogens is 1. The summed E-state index contributed by atoms with van der Waals surface area (Å²) in [5.74, 6) is -1.32. The van der Waals surface area contributed by atoms with E-state index in [9.17, 15) is 14.4 Å². The van der Waals surface area contributed by atoms with Crippen molar-refractivity contribution in [2.45, 2.75) is 6.92 Å². The lowest BCUT2D eigenvalue weighted by Gasteiger charge is -2.25. The number of rotatable bonds is 1. The Hall–Kier alpha value is -1.88. The molecule has 0 saturated carbocycles. The van der Waals surface area contributed by atoms with Crippen LogP contribution in [0.3, 0.4) is 0 Å². The van der Waals surface area contributed by atoms with E-state index in [1.54, 1.807) is 12.1 Å². The zero-order chi connectivity index (χ0) is 13.3. The number of piperazine rings is 1. The fourth-order valence-electron chi connectivity index (χ4n) is 1.82. The molecule has 0 atom stereocenters. The van der Waals surface area contributed by atoms with Crippen LogP contribution in [0.4, 0.5) is 0 Å². The molecule has 1 aromatic carbocycles. The lowest BCUT2D eigenvalue weighted by Crippen LogP contribution is -2.53. The molecule has 1 fully saturated rings. The van der Waals surface area contributed by atoms with Crippen molar-refractivity contribution in [3.8, 4) is 0 Å². The summed E-state index contributed by atoms with van der Waals surface area (Å²) >= 11 is 5.87. The van der Waals surface area contributed by atoms with Gasteiger partial charge in [-0.15, -0.1) is 0 Å². The Kier molecular flexibility index (Phi) is 3.34. The smallest absolute Gasteiger partial charge is 0.254 e. The van der Waals surface area contributed by atoms with Crippen LogP contribution in [-0.4, -0.2) is 35.7 Å². The number of benzene rings is 1. The number of nitrogens with one attached hydrogen (secondary N) is 1. The number of hydrogen-bond donors (Lipinski definition) is 1. The topological polar surface area (TPSA) is 66.5 Å². The molecule has 1 saturated heterocycles. The van der Waals surface area contributed by atoms with Crippen LogP contribution in [0, 0.1) is 6.92 Å². The van der Waals surface area contributed by atoms with Crippen molar-refractivity contribution < 1.29 is 14.4 Å². The largest absolute Gasteiger partial charge is 0.320 e. The minimum atomic E-state index is -0.474. The van der Waals surface area contributed by atoms with Gasteiger partial charge in [-0.05, 0) is 30.7 Å². The second-order valence-corrected chi connectivity index (χ2v) is 4.59. The van der Waals surface area contributed by atoms with E-state index in [-0.39, 0.29) is 19.0 Å². The van der Waals surface area contributed by atoms with Crippen LogP contribution >= 0.6 is 11.6 Å². The van der Waals surface area contributed by atoms with Crippen molar-refractivity contribution >= 4 is 29.3 Å². The van der Waals surface area contributed by atoms with Gasteiger partial charge in [-0.2, -0.15) is 0 Å². The van der Waals surface area contributed by atoms with Gasteiger partial charge in [0.25, 0.3) is 5.91 Å². The lowest BCUT2D eigenvalue weighted by atomic mass is 10.1. The fourth-order valence-corrected chi connectivity index (χ4v) is 2.11. The molecule has 1 aromatic rings. The van der Waals surface area contributed by atoms with E-state index in [1.165, 1.54) is 11.0 Å². The van der Waals surface area contributed by atoms with Crippen LogP contribution in [0.5, 0.6) is 0 Å². The predicted octanol–water partition coefficient (Wildman–Crippen LogP) is 0.747. The highest BCUT2D eigenvalue weighted by molar-refractivity contribution is 6.31. The summed E-state index contributed by atoms with van der Waals surface area (Å²) < 4.78 is 0. The molecule has 1 N–H and O–H groups in total. The normalized spacial score (nSPS) is 15.6. The first kappa shape index (κ1) is 12.6. The summed E-state index contributed by atoms with van der Waals surface area (Å²) in [5, 5.41) is 2.59. The summed E-state index contributed by atoms with van der Waals surface area (Å²) in [6.45, 7) is 1.59. The van der Waals surface area contributed by atoms with Gasteiger partial charge < -0.3 is 4.90 Å². The Morgan fingerprint density at radius 2 is 1.83 bits per heavy atom. The second-order valence-electron chi connectivity index (χ2n) is 4.15. The molecule has 0 unspecified atom stereocenters. The van der Waals surface area contributed by atoms with E-state index in [4.69, 9.17) is 11.6 Å². The van der Waals surface area contributed by atoms with E-state index < -0.39 is 11.8 Å². The highest BCUT2D eigenvalue weighted by Gasteiger charge is 2.27. The summed E-state index contributed by atoms with van der Waals surface area (Å²) in [5.41, 5.74) is 1.22. The molecule has 0 aliphatic carbocycles. The van der Waals surface area contributed by atoms with Crippen molar-refractivity contribution in [3.05, 3.63) is 34.3 Å². The van der Waals surface area contributed by atoms with Crippen LogP contribution in [0.2, 0.25) is 5.02 Å². The summed E-state index contributed by atoms with van der Waals surface area (Å²) in [6, 6.07) is 4.92. The van der Waals surface area contributed by atoms with Crippen molar-refractivity contribution in [2.24, 2.45) is 0 Å². The van der Waals surface area contributed by atoms with Crippen LogP contribution in [-0.2, 0) is 9.59 Å². The zero-order valence-electron chi connectivity index (χ0n) is 9.70. The Balaban J connectivity index is 2.25. The monoisotopic (exact) mass is 266 g/mol. The number of nitrogens with zero attached hydrogens (tertiary/aromatic N) is 1. The quantitative estimate of drug-likeness (QED) is 0.763. The molecule has 0 aromatic heterocycles. The van der Waals surface area contributed by atoms with Gasteiger partial charge >= 0.3 is 0 Å².